The molecule has 1 amide bonds. The zero-order valence-electron chi connectivity index (χ0n) is 14.2. The summed E-state index contributed by atoms with van der Waals surface area (Å²) < 4.78 is 14.0. The highest BCUT2D eigenvalue weighted by molar-refractivity contribution is 5.98. The number of rotatable bonds is 3. The first kappa shape index (κ1) is 16.1. The molecule has 0 radical (unpaired) electrons. The molecule has 5 heteroatoms. The lowest BCUT2D eigenvalue weighted by Gasteiger charge is -2.15. The van der Waals surface area contributed by atoms with Crippen LogP contribution in [0, 0.1) is 12.7 Å². The van der Waals surface area contributed by atoms with Crippen molar-refractivity contribution in [2.45, 2.75) is 31.7 Å². The van der Waals surface area contributed by atoms with Crippen LogP contribution in [0.5, 0.6) is 0 Å². The van der Waals surface area contributed by atoms with Crippen LogP contribution in [0.25, 0.3) is 0 Å². The van der Waals surface area contributed by atoms with E-state index in [4.69, 9.17) is 0 Å². The van der Waals surface area contributed by atoms with Gasteiger partial charge in [-0.2, -0.15) is 0 Å². The molecule has 0 bridgehead atoms. The van der Waals surface area contributed by atoms with E-state index in [1.807, 2.05) is 25.1 Å². The summed E-state index contributed by atoms with van der Waals surface area (Å²) in [6, 6.07) is 10.8. The molecule has 0 saturated carbocycles. The van der Waals surface area contributed by atoms with Crippen LogP contribution in [0.15, 0.2) is 36.4 Å². The van der Waals surface area contributed by atoms with Crippen molar-refractivity contribution >= 4 is 17.3 Å². The average molecular weight is 339 g/mol. The van der Waals surface area contributed by atoms with Crippen molar-refractivity contribution in [3.63, 3.8) is 0 Å². The van der Waals surface area contributed by atoms with Gasteiger partial charge in [-0.05, 0) is 55.1 Å². The van der Waals surface area contributed by atoms with Gasteiger partial charge >= 0.3 is 0 Å². The standard InChI is InChI=1S/C20H22FN3O/c1-12-5-6-17(21)16-10-18(24-19(12)16)20(25)23-15-4-2-3-13(9-15)14-7-8-22-11-14/h2-6,9,14,18,22,24H,7-8,10-11H2,1H3,(H,23,25). The van der Waals surface area contributed by atoms with Crippen molar-refractivity contribution in [1.29, 1.82) is 0 Å². The van der Waals surface area contributed by atoms with Gasteiger partial charge in [-0.3, -0.25) is 4.79 Å². The van der Waals surface area contributed by atoms with Gasteiger partial charge in [0.15, 0.2) is 0 Å². The molecule has 2 atom stereocenters. The molecular formula is C20H22FN3O. The van der Waals surface area contributed by atoms with E-state index in [9.17, 15) is 9.18 Å². The molecular weight excluding hydrogens is 317 g/mol. The number of benzene rings is 2. The zero-order valence-corrected chi connectivity index (χ0v) is 14.2. The van der Waals surface area contributed by atoms with Crippen LogP contribution in [0.4, 0.5) is 15.8 Å². The maximum Gasteiger partial charge on any atom is 0.247 e. The summed E-state index contributed by atoms with van der Waals surface area (Å²) in [5.74, 6) is 0.123. The summed E-state index contributed by atoms with van der Waals surface area (Å²) >= 11 is 0. The van der Waals surface area contributed by atoms with Crippen LogP contribution in [0.3, 0.4) is 0 Å². The number of fused-ring (bicyclic) bond motifs is 1. The molecule has 2 aromatic rings. The van der Waals surface area contributed by atoms with Gasteiger partial charge in [-0.25, -0.2) is 4.39 Å². The highest BCUT2D eigenvalue weighted by Gasteiger charge is 2.30. The number of carbonyl (C=O) groups is 1. The van der Waals surface area contributed by atoms with Crippen molar-refractivity contribution in [3.8, 4) is 0 Å². The maximum absolute atomic E-state index is 14.0. The number of nitrogens with one attached hydrogen (secondary N) is 3. The highest BCUT2D eigenvalue weighted by atomic mass is 19.1. The number of hydrogen-bond donors (Lipinski definition) is 3. The summed E-state index contributed by atoms with van der Waals surface area (Å²) in [5.41, 5.74) is 4.36. The molecule has 2 aliphatic rings. The fourth-order valence-corrected chi connectivity index (χ4v) is 3.77. The fourth-order valence-electron chi connectivity index (χ4n) is 3.77. The second-order valence-electron chi connectivity index (χ2n) is 6.92. The molecule has 4 nitrogen and oxygen atoms in total. The molecule has 1 fully saturated rings. The third-order valence-electron chi connectivity index (χ3n) is 5.19. The number of amides is 1. The van der Waals surface area contributed by atoms with Crippen molar-refractivity contribution < 1.29 is 9.18 Å². The predicted octanol–water partition coefficient (Wildman–Crippen LogP) is 3.19. The first-order valence-electron chi connectivity index (χ1n) is 8.78. The second-order valence-corrected chi connectivity index (χ2v) is 6.92. The number of hydrogen-bond acceptors (Lipinski definition) is 3. The van der Waals surface area contributed by atoms with E-state index in [0.717, 1.165) is 36.4 Å². The van der Waals surface area contributed by atoms with E-state index in [1.165, 1.54) is 11.6 Å². The Labute approximate surface area is 146 Å². The highest BCUT2D eigenvalue weighted by Crippen LogP contribution is 2.32. The van der Waals surface area contributed by atoms with Gasteiger partial charge in [0.25, 0.3) is 0 Å². The van der Waals surface area contributed by atoms with Gasteiger partial charge in [0.1, 0.15) is 11.9 Å². The minimum Gasteiger partial charge on any atom is -0.373 e. The summed E-state index contributed by atoms with van der Waals surface area (Å²) in [6.07, 6.45) is 1.50. The monoisotopic (exact) mass is 339 g/mol. The van der Waals surface area contributed by atoms with Gasteiger partial charge in [0.05, 0.1) is 0 Å². The van der Waals surface area contributed by atoms with E-state index in [0.29, 0.717) is 17.9 Å². The zero-order chi connectivity index (χ0) is 17.4. The van der Waals surface area contributed by atoms with Crippen LogP contribution in [-0.2, 0) is 11.2 Å². The Kier molecular flexibility index (Phi) is 4.17. The van der Waals surface area contributed by atoms with Crippen LogP contribution < -0.4 is 16.0 Å². The van der Waals surface area contributed by atoms with E-state index in [-0.39, 0.29) is 11.7 Å². The van der Waals surface area contributed by atoms with Gasteiger partial charge in [0, 0.05) is 29.9 Å². The average Bonchev–Trinajstić information content (AvgIpc) is 3.28. The fraction of sp³-hybridized carbons (Fsp3) is 0.350. The Balaban J connectivity index is 1.47. The molecule has 4 rings (SSSR count). The minimum absolute atomic E-state index is 0.128. The number of carbonyl (C=O) groups excluding carboxylic acids is 1. The van der Waals surface area contributed by atoms with Crippen molar-refractivity contribution in [3.05, 3.63) is 58.9 Å². The summed E-state index contributed by atoms with van der Waals surface area (Å²) in [5, 5.41) is 9.51. The number of anilines is 2. The van der Waals surface area contributed by atoms with Crippen molar-refractivity contribution in [1.82, 2.24) is 5.32 Å². The molecule has 3 N–H and O–H groups in total. The first-order valence-corrected chi connectivity index (χ1v) is 8.78. The topological polar surface area (TPSA) is 53.2 Å². The minimum atomic E-state index is -0.442. The lowest BCUT2D eigenvalue weighted by molar-refractivity contribution is -0.116. The quantitative estimate of drug-likeness (QED) is 0.805. The van der Waals surface area contributed by atoms with Crippen molar-refractivity contribution in [2.75, 3.05) is 23.7 Å². The van der Waals surface area contributed by atoms with E-state index in [2.05, 4.69) is 22.0 Å². The third-order valence-corrected chi connectivity index (χ3v) is 5.19. The Morgan fingerprint density at radius 2 is 2.16 bits per heavy atom. The van der Waals surface area contributed by atoms with E-state index in [1.54, 1.807) is 6.07 Å². The lowest BCUT2D eigenvalue weighted by Crippen LogP contribution is -2.32. The van der Waals surface area contributed by atoms with Gasteiger partial charge in [-0.15, -0.1) is 0 Å². The van der Waals surface area contributed by atoms with E-state index >= 15 is 0 Å². The molecule has 1 saturated heterocycles. The molecule has 0 spiro atoms. The predicted molar refractivity (Wildman–Crippen MR) is 97.6 cm³/mol. The summed E-state index contributed by atoms with van der Waals surface area (Å²) in [6.45, 7) is 3.94. The number of halogens is 1. The molecule has 2 heterocycles. The van der Waals surface area contributed by atoms with Gasteiger partial charge in [-0.1, -0.05) is 18.2 Å². The Morgan fingerprint density at radius 3 is 2.92 bits per heavy atom. The Morgan fingerprint density at radius 1 is 1.28 bits per heavy atom. The lowest BCUT2D eigenvalue weighted by atomic mass is 9.98. The molecule has 2 aromatic carbocycles. The molecule has 130 valence electrons. The van der Waals surface area contributed by atoms with Crippen LogP contribution in [0.2, 0.25) is 0 Å². The van der Waals surface area contributed by atoms with Crippen molar-refractivity contribution in [2.24, 2.45) is 0 Å². The number of aryl methyl sites for hydroxylation is 1. The maximum atomic E-state index is 14.0. The van der Waals surface area contributed by atoms with Crippen LogP contribution in [-0.4, -0.2) is 25.0 Å². The first-order chi connectivity index (χ1) is 12.1. The second kappa shape index (κ2) is 6.48. The summed E-state index contributed by atoms with van der Waals surface area (Å²) in [4.78, 5) is 12.6. The molecule has 2 aliphatic heterocycles. The van der Waals surface area contributed by atoms with Crippen LogP contribution >= 0.6 is 0 Å². The molecule has 0 aliphatic carbocycles. The van der Waals surface area contributed by atoms with Crippen LogP contribution in [0.1, 0.15) is 29.0 Å². The SMILES string of the molecule is Cc1ccc(F)c2c1NC(C(=O)Nc1cccc(C3CCNC3)c1)C2. The molecule has 2 unspecified atom stereocenters. The van der Waals surface area contributed by atoms with Gasteiger partial charge in [0.2, 0.25) is 5.91 Å². The van der Waals surface area contributed by atoms with Gasteiger partial charge < -0.3 is 16.0 Å². The molecule has 25 heavy (non-hydrogen) atoms. The summed E-state index contributed by atoms with van der Waals surface area (Å²) in [7, 11) is 0. The largest absolute Gasteiger partial charge is 0.373 e. The Hall–Kier alpha value is -2.40. The Bertz CT molecular complexity index is 784. The smallest absolute Gasteiger partial charge is 0.247 e. The van der Waals surface area contributed by atoms with E-state index < -0.39 is 6.04 Å². The normalized spacial score (nSPS) is 21.7. The molecule has 0 aromatic heterocycles. The third kappa shape index (κ3) is 3.12.